The summed E-state index contributed by atoms with van der Waals surface area (Å²) < 4.78 is 103. The molecule has 0 saturated heterocycles. The van der Waals surface area contributed by atoms with Crippen LogP contribution in [0.2, 0.25) is 0 Å². The summed E-state index contributed by atoms with van der Waals surface area (Å²) in [5, 5.41) is 0. The van der Waals surface area contributed by atoms with Crippen molar-refractivity contribution in [2.45, 2.75) is 0 Å². The van der Waals surface area contributed by atoms with Gasteiger partial charge in [-0.3, -0.25) is 4.90 Å². The van der Waals surface area contributed by atoms with Crippen molar-refractivity contribution in [1.29, 1.82) is 0 Å². The highest BCUT2D eigenvalue weighted by Crippen LogP contribution is 2.48. The Balaban J connectivity index is 1.46. The molecule has 3 aliphatic rings. The Morgan fingerprint density at radius 2 is 0.452 bits per heavy atom. The molecule has 0 unspecified atom stereocenters. The predicted octanol–water partition coefficient (Wildman–Crippen LogP) is 4.81. The molecule has 0 aromatic heterocycles. The van der Waals surface area contributed by atoms with Crippen molar-refractivity contribution < 1.29 is 85.3 Å². The lowest BCUT2D eigenvalue weighted by atomic mass is 9.97. The van der Waals surface area contributed by atoms with Gasteiger partial charge in [-0.2, -0.15) is 0 Å². The quantitative estimate of drug-likeness (QED) is 0.0698. The summed E-state index contributed by atoms with van der Waals surface area (Å²) in [5.74, 6) is 4.33. The first-order valence-corrected chi connectivity index (χ1v) is 24.3. The van der Waals surface area contributed by atoms with E-state index >= 15 is 0 Å². The minimum Gasteiger partial charge on any atom is -0.487 e. The topological polar surface area (TPSA) is 206 Å². The van der Waals surface area contributed by atoms with E-state index in [2.05, 4.69) is 0 Å². The Morgan fingerprint density at radius 3 is 0.658 bits per heavy atom. The maximum Gasteiger partial charge on any atom is 0.163 e. The average molecular weight is 1030 g/mol. The van der Waals surface area contributed by atoms with Crippen LogP contribution in [0.1, 0.15) is 16.7 Å². The van der Waals surface area contributed by atoms with Gasteiger partial charge < -0.3 is 85.3 Å². The van der Waals surface area contributed by atoms with Crippen molar-refractivity contribution in [2.75, 3.05) is 201 Å². The standard InChI is InChI=1S/C51H72N4O18/c1-56-7-13-62-19-25-68-43-31-37-40(34-46(43)71-28-22-65-16-10-59-4)52-50-39-33-45(70-27-21-64-15-9-58-3)48(73-30-24-67-18-12-61-6)36-42(39)54-51-38-32-44(69-26-20-63-14-8-57-2)47(72-29-23-66-17-11-60-5)35-41(38)53-49(37)55(50)51/h31-36H,7-30H2,1-6H3. The first-order chi connectivity index (χ1) is 36.0. The minimum absolute atomic E-state index is 0.233. The molecule has 22 heteroatoms. The second-order valence-corrected chi connectivity index (χ2v) is 15.8. The Labute approximate surface area is 427 Å². The lowest BCUT2D eigenvalue weighted by Crippen LogP contribution is -2.48. The first kappa shape index (κ1) is 57.1. The summed E-state index contributed by atoms with van der Waals surface area (Å²) in [5.41, 5.74) is 3.68. The molecule has 0 fully saturated rings. The molecule has 404 valence electrons. The third kappa shape index (κ3) is 17.4. The largest absolute Gasteiger partial charge is 0.487 e. The van der Waals surface area contributed by atoms with E-state index in [-0.39, 0.29) is 39.6 Å². The van der Waals surface area contributed by atoms with Gasteiger partial charge >= 0.3 is 0 Å². The van der Waals surface area contributed by atoms with Crippen molar-refractivity contribution in [2.24, 2.45) is 15.0 Å². The van der Waals surface area contributed by atoms with Crippen LogP contribution in [0.5, 0.6) is 34.5 Å². The number of rotatable bonds is 42. The monoisotopic (exact) mass is 1030 g/mol. The predicted molar refractivity (Wildman–Crippen MR) is 269 cm³/mol. The first-order valence-electron chi connectivity index (χ1n) is 24.3. The van der Waals surface area contributed by atoms with Crippen LogP contribution >= 0.6 is 0 Å². The lowest BCUT2D eigenvalue weighted by Gasteiger charge is -2.39. The lowest BCUT2D eigenvalue weighted by molar-refractivity contribution is 0.0498. The summed E-state index contributed by atoms with van der Waals surface area (Å²) in [6.45, 7) is 8.62. The van der Waals surface area contributed by atoms with Crippen molar-refractivity contribution in [1.82, 2.24) is 4.90 Å². The Bertz CT molecular complexity index is 1970. The van der Waals surface area contributed by atoms with Crippen molar-refractivity contribution in [3.63, 3.8) is 0 Å². The number of ether oxygens (including phenoxy) is 18. The van der Waals surface area contributed by atoms with Gasteiger partial charge in [0.15, 0.2) is 34.5 Å². The number of amidine groups is 3. The molecule has 0 bridgehead atoms. The summed E-state index contributed by atoms with van der Waals surface area (Å²) >= 11 is 0. The van der Waals surface area contributed by atoms with Gasteiger partial charge in [0.05, 0.1) is 136 Å². The number of nitrogens with zero attached hydrogens (tertiary/aromatic N) is 4. The zero-order valence-electron chi connectivity index (χ0n) is 43.1. The fourth-order valence-corrected chi connectivity index (χ4v) is 7.20. The normalized spacial score (nSPS) is 13.1. The van der Waals surface area contributed by atoms with E-state index in [9.17, 15) is 0 Å². The third-order valence-electron chi connectivity index (χ3n) is 10.7. The van der Waals surface area contributed by atoms with Gasteiger partial charge in [-0.1, -0.05) is 0 Å². The van der Waals surface area contributed by atoms with Crippen LogP contribution < -0.4 is 28.4 Å². The molecular formula is C51H72N4O18. The summed E-state index contributed by atoms with van der Waals surface area (Å²) in [7, 11) is 9.76. The number of benzene rings is 3. The van der Waals surface area contributed by atoms with E-state index in [0.29, 0.717) is 205 Å². The fourth-order valence-electron chi connectivity index (χ4n) is 7.20. The zero-order valence-corrected chi connectivity index (χ0v) is 43.1. The van der Waals surface area contributed by atoms with Crippen LogP contribution in [0.4, 0.5) is 17.1 Å². The second-order valence-electron chi connectivity index (χ2n) is 15.8. The van der Waals surface area contributed by atoms with Crippen LogP contribution in [0.3, 0.4) is 0 Å². The molecule has 3 aromatic carbocycles. The highest BCUT2D eigenvalue weighted by molar-refractivity contribution is 6.36. The summed E-state index contributed by atoms with van der Waals surface area (Å²) in [6, 6.07) is 11.2. The number of hydrogen-bond acceptors (Lipinski definition) is 22. The molecule has 0 atom stereocenters. The third-order valence-corrected chi connectivity index (χ3v) is 10.7. The van der Waals surface area contributed by atoms with Gasteiger partial charge in [-0.25, -0.2) is 15.0 Å². The van der Waals surface area contributed by atoms with Crippen LogP contribution in [-0.2, 0) is 56.8 Å². The summed E-state index contributed by atoms with van der Waals surface area (Å²) in [6.07, 6.45) is 0. The van der Waals surface area contributed by atoms with Crippen LogP contribution in [0.25, 0.3) is 0 Å². The average Bonchev–Trinajstić information content (AvgIpc) is 3.40. The Hall–Kier alpha value is -5.21. The molecule has 3 heterocycles. The Kier molecular flexibility index (Phi) is 25.7. The second kappa shape index (κ2) is 32.9. The maximum atomic E-state index is 6.38. The van der Waals surface area contributed by atoms with E-state index in [1.807, 2.05) is 41.3 Å². The molecule has 3 aliphatic heterocycles. The Morgan fingerprint density at radius 1 is 0.260 bits per heavy atom. The molecule has 0 radical (unpaired) electrons. The van der Waals surface area contributed by atoms with Gasteiger partial charge in [0.2, 0.25) is 0 Å². The van der Waals surface area contributed by atoms with E-state index in [1.54, 1.807) is 42.7 Å². The number of fused-ring (bicyclic) bond motifs is 6. The van der Waals surface area contributed by atoms with Gasteiger partial charge in [-0.05, 0) is 18.2 Å². The molecule has 3 aromatic rings. The van der Waals surface area contributed by atoms with E-state index < -0.39 is 0 Å². The van der Waals surface area contributed by atoms with Gasteiger partial charge in [0, 0.05) is 77.5 Å². The maximum absolute atomic E-state index is 6.38. The van der Waals surface area contributed by atoms with Crippen LogP contribution in [0.15, 0.2) is 51.4 Å². The molecule has 0 saturated carbocycles. The molecule has 22 nitrogen and oxygen atoms in total. The van der Waals surface area contributed by atoms with Gasteiger partial charge in [-0.15, -0.1) is 0 Å². The minimum atomic E-state index is 0.233. The van der Waals surface area contributed by atoms with E-state index in [1.165, 1.54) is 0 Å². The molecule has 73 heavy (non-hydrogen) atoms. The van der Waals surface area contributed by atoms with Crippen LogP contribution in [0, 0.1) is 0 Å². The smallest absolute Gasteiger partial charge is 0.163 e. The molecule has 0 aliphatic carbocycles. The number of aliphatic imine (C=N–C) groups is 3. The van der Waals surface area contributed by atoms with E-state index in [4.69, 9.17) is 100 Å². The zero-order chi connectivity index (χ0) is 51.3. The molecule has 0 N–H and O–H groups in total. The molecule has 0 amide bonds. The molecule has 0 spiro atoms. The van der Waals surface area contributed by atoms with Crippen molar-refractivity contribution >= 4 is 34.6 Å². The van der Waals surface area contributed by atoms with Gasteiger partial charge in [0.1, 0.15) is 57.1 Å². The highest BCUT2D eigenvalue weighted by Gasteiger charge is 2.41. The van der Waals surface area contributed by atoms with Crippen molar-refractivity contribution in [3.05, 3.63) is 53.1 Å². The molecular weight excluding hydrogens is 957 g/mol. The highest BCUT2D eigenvalue weighted by atomic mass is 16.6. The SMILES string of the molecule is COCCOCCOc1cc2c(cc1OCCOCCOC)C1=Nc3cc(OCCOCCOC)c(OCCOCCOC)cc3C3=Nc4cc(OCCOCCOC)c(OCCOCCOC)cc4C(=N2)N13. The fraction of sp³-hybridized carbons (Fsp3) is 0.588. The van der Waals surface area contributed by atoms with Gasteiger partial charge in [0.25, 0.3) is 0 Å². The molecule has 6 rings (SSSR count). The number of methoxy groups -OCH3 is 6. The van der Waals surface area contributed by atoms with Crippen LogP contribution in [-0.4, -0.2) is 224 Å². The summed E-state index contributed by atoms with van der Waals surface area (Å²) in [4.78, 5) is 18.0. The van der Waals surface area contributed by atoms with E-state index in [0.717, 1.165) is 0 Å². The number of hydrogen-bond donors (Lipinski definition) is 0. The van der Waals surface area contributed by atoms with Crippen molar-refractivity contribution in [3.8, 4) is 34.5 Å².